The van der Waals surface area contributed by atoms with E-state index in [1.165, 1.54) is 6.33 Å². The molecule has 0 unspecified atom stereocenters. The molecule has 0 saturated carbocycles. The molecule has 2 N–H and O–H groups in total. The van der Waals surface area contributed by atoms with Gasteiger partial charge in [0.25, 0.3) is 0 Å². The lowest BCUT2D eigenvalue weighted by Crippen LogP contribution is -1.98. The normalized spacial score (nSPS) is 11.2. The lowest BCUT2D eigenvalue weighted by atomic mass is 10.1. The molecule has 0 spiro atoms. The highest BCUT2D eigenvalue weighted by Crippen LogP contribution is 2.29. The van der Waals surface area contributed by atoms with Crippen LogP contribution < -0.4 is 5.32 Å². The van der Waals surface area contributed by atoms with Gasteiger partial charge in [0, 0.05) is 35.7 Å². The molecule has 0 amide bonds. The summed E-state index contributed by atoms with van der Waals surface area (Å²) in [6.45, 7) is 0. The smallest absolute Gasteiger partial charge is 0.160 e. The molecule has 1 aromatic carbocycles. The molecule has 0 saturated heterocycles. The number of benzene rings is 1. The monoisotopic (exact) mass is 327 g/mol. The first-order valence-electron chi connectivity index (χ1n) is 7.80. The Morgan fingerprint density at radius 1 is 1.00 bits per heavy atom. The van der Waals surface area contributed by atoms with E-state index in [0.717, 1.165) is 39.2 Å². The van der Waals surface area contributed by atoms with Crippen molar-refractivity contribution in [2.24, 2.45) is 0 Å². The maximum atomic E-state index is 4.43. The molecule has 0 aliphatic heterocycles. The summed E-state index contributed by atoms with van der Waals surface area (Å²) < 4.78 is 2.00. The van der Waals surface area contributed by atoms with Crippen molar-refractivity contribution in [3.63, 3.8) is 0 Å². The predicted octanol–water partition coefficient (Wildman–Crippen LogP) is 3.41. The Labute approximate surface area is 142 Å². The largest absolute Gasteiger partial charge is 0.337 e. The van der Waals surface area contributed by atoms with Crippen LogP contribution in [-0.4, -0.2) is 29.5 Å². The summed E-state index contributed by atoms with van der Waals surface area (Å²) in [7, 11) is 0. The Hall–Kier alpha value is -3.74. The number of anilines is 2. The molecule has 0 fully saturated rings. The molecule has 0 radical (unpaired) electrons. The molecule has 4 heterocycles. The van der Waals surface area contributed by atoms with E-state index in [2.05, 4.69) is 60.9 Å². The fourth-order valence-electron chi connectivity index (χ4n) is 2.90. The van der Waals surface area contributed by atoms with Crippen LogP contribution in [0.1, 0.15) is 0 Å². The van der Waals surface area contributed by atoms with E-state index in [1.807, 2.05) is 22.9 Å². The SMILES string of the molecule is c1cc(Nc2cc(-c3ccc4cn[nH]c4c3)cn3ccnc23)ncn1. The first-order valence-corrected chi connectivity index (χ1v) is 7.80. The van der Waals surface area contributed by atoms with Crippen LogP contribution in [0.4, 0.5) is 11.5 Å². The molecule has 0 bridgehead atoms. The van der Waals surface area contributed by atoms with Gasteiger partial charge in [0.2, 0.25) is 0 Å². The van der Waals surface area contributed by atoms with Gasteiger partial charge in [-0.05, 0) is 23.8 Å². The second kappa shape index (κ2) is 5.41. The van der Waals surface area contributed by atoms with Crippen LogP contribution in [0, 0.1) is 0 Å². The second-order valence-electron chi connectivity index (χ2n) is 5.69. The van der Waals surface area contributed by atoms with Crippen molar-refractivity contribution in [2.75, 3.05) is 5.32 Å². The molecule has 0 aliphatic carbocycles. The fraction of sp³-hybridized carbons (Fsp3) is 0. The third-order valence-corrected chi connectivity index (χ3v) is 4.11. The average Bonchev–Trinajstić information content (AvgIpc) is 3.31. The molecule has 7 nitrogen and oxygen atoms in total. The number of imidazole rings is 1. The third kappa shape index (κ3) is 2.38. The zero-order valence-electron chi connectivity index (χ0n) is 13.1. The Morgan fingerprint density at radius 2 is 2.00 bits per heavy atom. The van der Waals surface area contributed by atoms with Gasteiger partial charge >= 0.3 is 0 Å². The highest BCUT2D eigenvalue weighted by molar-refractivity contribution is 5.86. The van der Waals surface area contributed by atoms with Crippen LogP contribution in [0.15, 0.2) is 67.6 Å². The maximum Gasteiger partial charge on any atom is 0.160 e. The maximum absolute atomic E-state index is 4.43. The summed E-state index contributed by atoms with van der Waals surface area (Å²) in [4.78, 5) is 12.6. The summed E-state index contributed by atoms with van der Waals surface area (Å²) in [6, 6.07) is 10.1. The van der Waals surface area contributed by atoms with E-state index in [-0.39, 0.29) is 0 Å². The number of aromatic nitrogens is 6. The number of aromatic amines is 1. The predicted molar refractivity (Wildman–Crippen MR) is 95.6 cm³/mol. The van der Waals surface area contributed by atoms with E-state index in [0.29, 0.717) is 0 Å². The van der Waals surface area contributed by atoms with Crippen LogP contribution in [0.3, 0.4) is 0 Å². The summed E-state index contributed by atoms with van der Waals surface area (Å²) in [5, 5.41) is 11.5. The number of pyridine rings is 1. The molecule has 5 rings (SSSR count). The minimum Gasteiger partial charge on any atom is -0.337 e. The number of fused-ring (bicyclic) bond motifs is 2. The van der Waals surface area contributed by atoms with Crippen LogP contribution in [0.25, 0.3) is 27.7 Å². The quantitative estimate of drug-likeness (QED) is 0.530. The zero-order valence-corrected chi connectivity index (χ0v) is 13.1. The Kier molecular flexibility index (Phi) is 2.96. The molecule has 7 heteroatoms. The van der Waals surface area contributed by atoms with E-state index in [4.69, 9.17) is 0 Å². The minimum absolute atomic E-state index is 0.723. The lowest BCUT2D eigenvalue weighted by molar-refractivity contribution is 1.12. The summed E-state index contributed by atoms with van der Waals surface area (Å²) >= 11 is 0. The van der Waals surface area contributed by atoms with Gasteiger partial charge in [-0.25, -0.2) is 15.0 Å². The molecule has 0 aliphatic rings. The van der Waals surface area contributed by atoms with Gasteiger partial charge in [0.05, 0.1) is 17.4 Å². The molecule has 0 atom stereocenters. The van der Waals surface area contributed by atoms with Crippen molar-refractivity contribution >= 4 is 28.1 Å². The molecular weight excluding hydrogens is 314 g/mol. The van der Waals surface area contributed by atoms with Crippen molar-refractivity contribution < 1.29 is 0 Å². The van der Waals surface area contributed by atoms with Crippen LogP contribution in [-0.2, 0) is 0 Å². The lowest BCUT2D eigenvalue weighted by Gasteiger charge is -2.10. The van der Waals surface area contributed by atoms with Gasteiger partial charge < -0.3 is 9.72 Å². The average molecular weight is 327 g/mol. The van der Waals surface area contributed by atoms with Gasteiger partial charge in [0.15, 0.2) is 5.65 Å². The Morgan fingerprint density at radius 3 is 2.92 bits per heavy atom. The highest BCUT2D eigenvalue weighted by atomic mass is 15.1. The fourth-order valence-corrected chi connectivity index (χ4v) is 2.90. The second-order valence-corrected chi connectivity index (χ2v) is 5.69. The number of rotatable bonds is 3. The van der Waals surface area contributed by atoms with Crippen LogP contribution in [0.2, 0.25) is 0 Å². The Bertz CT molecular complexity index is 1170. The zero-order chi connectivity index (χ0) is 16.6. The number of hydrogen-bond acceptors (Lipinski definition) is 5. The number of H-pyrrole nitrogens is 1. The molecule has 25 heavy (non-hydrogen) atoms. The third-order valence-electron chi connectivity index (χ3n) is 4.11. The highest BCUT2D eigenvalue weighted by Gasteiger charge is 2.09. The first kappa shape index (κ1) is 13.7. The molecular formula is C18H13N7. The summed E-state index contributed by atoms with van der Waals surface area (Å²) in [6.07, 6.45) is 10.8. The van der Waals surface area contributed by atoms with E-state index in [9.17, 15) is 0 Å². The van der Waals surface area contributed by atoms with E-state index in [1.54, 1.807) is 12.4 Å². The number of nitrogens with zero attached hydrogens (tertiary/aromatic N) is 5. The topological polar surface area (TPSA) is 83.8 Å². The Balaban J connectivity index is 1.66. The van der Waals surface area contributed by atoms with Gasteiger partial charge in [-0.2, -0.15) is 5.10 Å². The molecule has 5 aromatic rings. The number of hydrogen-bond donors (Lipinski definition) is 2. The van der Waals surface area contributed by atoms with E-state index >= 15 is 0 Å². The van der Waals surface area contributed by atoms with Crippen molar-refractivity contribution in [3.05, 3.63) is 67.6 Å². The summed E-state index contributed by atoms with van der Waals surface area (Å²) in [5.74, 6) is 0.723. The minimum atomic E-state index is 0.723. The standard InChI is InChI=1S/C18H13N7/c1-2-13-9-22-24-15(13)7-12(1)14-8-16(18-20-5-6-25(18)10-14)23-17-3-4-19-11-21-17/h1-11H,(H,22,24)(H,19,21,23). The molecule has 4 aromatic heterocycles. The van der Waals surface area contributed by atoms with Crippen molar-refractivity contribution in [3.8, 4) is 11.1 Å². The summed E-state index contributed by atoms with van der Waals surface area (Å²) in [5.41, 5.74) is 4.89. The van der Waals surface area contributed by atoms with E-state index < -0.39 is 0 Å². The van der Waals surface area contributed by atoms with Crippen molar-refractivity contribution in [2.45, 2.75) is 0 Å². The van der Waals surface area contributed by atoms with Gasteiger partial charge in [-0.3, -0.25) is 5.10 Å². The van der Waals surface area contributed by atoms with Gasteiger partial charge in [0.1, 0.15) is 12.1 Å². The molecule has 120 valence electrons. The van der Waals surface area contributed by atoms with Gasteiger partial charge in [-0.1, -0.05) is 12.1 Å². The van der Waals surface area contributed by atoms with Gasteiger partial charge in [-0.15, -0.1) is 0 Å². The van der Waals surface area contributed by atoms with Crippen molar-refractivity contribution in [1.82, 2.24) is 29.5 Å². The van der Waals surface area contributed by atoms with Crippen LogP contribution >= 0.6 is 0 Å². The number of nitrogens with one attached hydrogen (secondary N) is 2. The van der Waals surface area contributed by atoms with Crippen LogP contribution in [0.5, 0.6) is 0 Å². The van der Waals surface area contributed by atoms with Crippen molar-refractivity contribution in [1.29, 1.82) is 0 Å². The first-order chi connectivity index (χ1) is 12.4.